The summed E-state index contributed by atoms with van der Waals surface area (Å²) < 4.78 is 10.0. The molecular weight excluding hydrogens is 258 g/mol. The van der Waals surface area contributed by atoms with E-state index in [0.29, 0.717) is 5.75 Å². The first-order valence-electron chi connectivity index (χ1n) is 6.24. The van der Waals surface area contributed by atoms with Gasteiger partial charge in [-0.3, -0.25) is 9.59 Å². The van der Waals surface area contributed by atoms with Crippen molar-refractivity contribution < 1.29 is 19.1 Å². The summed E-state index contributed by atoms with van der Waals surface area (Å²) in [4.78, 5) is 22.9. The maximum absolute atomic E-state index is 11.6. The molecule has 0 fully saturated rings. The highest BCUT2D eigenvalue weighted by Crippen LogP contribution is 2.20. The van der Waals surface area contributed by atoms with Gasteiger partial charge in [-0.25, -0.2) is 0 Å². The molecular formula is C15H19NO4. The first kappa shape index (κ1) is 15.8. The van der Waals surface area contributed by atoms with E-state index in [0.717, 1.165) is 5.56 Å². The van der Waals surface area contributed by atoms with Crippen molar-refractivity contribution in [3.05, 3.63) is 42.5 Å². The lowest BCUT2D eigenvalue weighted by molar-refractivity contribution is -0.143. The number of nitrogens with one attached hydrogen (secondary N) is 1. The zero-order chi connectivity index (χ0) is 15.0. The summed E-state index contributed by atoms with van der Waals surface area (Å²) in [5.41, 5.74) is 0.816. The molecule has 0 spiro atoms. The zero-order valence-corrected chi connectivity index (χ0v) is 11.7. The Hall–Kier alpha value is -2.30. The van der Waals surface area contributed by atoms with Gasteiger partial charge in [0.05, 0.1) is 19.6 Å². The monoisotopic (exact) mass is 277 g/mol. The summed E-state index contributed by atoms with van der Waals surface area (Å²) >= 11 is 0. The van der Waals surface area contributed by atoms with Crippen molar-refractivity contribution in [1.29, 1.82) is 0 Å². The van der Waals surface area contributed by atoms with Gasteiger partial charge in [0.15, 0.2) is 0 Å². The molecule has 1 atom stereocenters. The van der Waals surface area contributed by atoms with Crippen LogP contribution in [0.2, 0.25) is 0 Å². The van der Waals surface area contributed by atoms with Crippen molar-refractivity contribution >= 4 is 11.9 Å². The van der Waals surface area contributed by atoms with Gasteiger partial charge >= 0.3 is 5.97 Å². The van der Waals surface area contributed by atoms with E-state index < -0.39 is 6.04 Å². The predicted octanol–water partition coefficient (Wildman–Crippen LogP) is 1.99. The number of ether oxygens (including phenoxy) is 2. The second-order valence-corrected chi connectivity index (χ2v) is 4.20. The molecule has 0 saturated heterocycles. The Kier molecular flexibility index (Phi) is 6.29. The summed E-state index contributed by atoms with van der Waals surface area (Å²) in [5.74, 6) is 0.117. The first-order chi connectivity index (χ1) is 9.56. The molecule has 1 amide bonds. The Morgan fingerprint density at radius 2 is 2.00 bits per heavy atom. The van der Waals surface area contributed by atoms with Gasteiger partial charge in [0.25, 0.3) is 0 Å². The fourth-order valence-electron chi connectivity index (χ4n) is 1.71. The molecule has 0 aliphatic rings. The lowest BCUT2D eigenvalue weighted by Gasteiger charge is -2.17. The maximum Gasteiger partial charge on any atom is 0.308 e. The van der Waals surface area contributed by atoms with Crippen molar-refractivity contribution in [2.45, 2.75) is 19.4 Å². The highest BCUT2D eigenvalue weighted by atomic mass is 16.5. The average molecular weight is 277 g/mol. The Morgan fingerprint density at radius 1 is 1.35 bits per heavy atom. The molecule has 0 bridgehead atoms. The minimum absolute atomic E-state index is 0.0692. The number of rotatable bonds is 7. The molecule has 1 aromatic rings. The number of amides is 1. The highest BCUT2D eigenvalue weighted by Gasteiger charge is 2.17. The minimum atomic E-state index is -0.421. The first-order valence-corrected chi connectivity index (χ1v) is 6.24. The normalized spacial score (nSPS) is 11.3. The Morgan fingerprint density at radius 3 is 2.50 bits per heavy atom. The summed E-state index contributed by atoms with van der Waals surface area (Å²) in [5, 5.41) is 2.73. The summed E-state index contributed by atoms with van der Waals surface area (Å²) in [6, 6.07) is 6.74. The van der Waals surface area contributed by atoms with Crippen LogP contribution >= 0.6 is 0 Å². The van der Waals surface area contributed by atoms with Crippen molar-refractivity contribution in [2.24, 2.45) is 0 Å². The standard InChI is InChI=1S/C15H19NO4/c1-4-9-20-15(18)10-14(16-11(2)17)12-5-7-13(19-3)8-6-12/h4-8,14H,1,9-10H2,2-3H3,(H,16,17). The van der Waals surface area contributed by atoms with Crippen LogP contribution in [0.25, 0.3) is 0 Å². The van der Waals surface area contributed by atoms with Gasteiger partial charge < -0.3 is 14.8 Å². The van der Waals surface area contributed by atoms with E-state index in [9.17, 15) is 9.59 Å². The van der Waals surface area contributed by atoms with Gasteiger partial charge in [0, 0.05) is 6.92 Å². The molecule has 0 aromatic heterocycles. The molecule has 0 saturated carbocycles. The van der Waals surface area contributed by atoms with Gasteiger partial charge in [-0.2, -0.15) is 0 Å². The summed E-state index contributed by atoms with van der Waals surface area (Å²) in [6.07, 6.45) is 1.57. The van der Waals surface area contributed by atoms with Crippen molar-refractivity contribution in [3.63, 3.8) is 0 Å². The van der Waals surface area contributed by atoms with E-state index in [2.05, 4.69) is 11.9 Å². The third kappa shape index (κ3) is 5.14. The van der Waals surface area contributed by atoms with Crippen LogP contribution in [0.4, 0.5) is 0 Å². The molecule has 0 radical (unpaired) electrons. The van der Waals surface area contributed by atoms with Crippen LogP contribution < -0.4 is 10.1 Å². The van der Waals surface area contributed by atoms with Gasteiger partial charge in [0.1, 0.15) is 12.4 Å². The molecule has 0 heterocycles. The molecule has 0 aliphatic carbocycles. The molecule has 5 heteroatoms. The second kappa shape index (κ2) is 7.99. The van der Waals surface area contributed by atoms with E-state index >= 15 is 0 Å². The smallest absolute Gasteiger partial charge is 0.308 e. The van der Waals surface area contributed by atoms with Crippen molar-refractivity contribution in [3.8, 4) is 5.75 Å². The SMILES string of the molecule is C=CCOC(=O)CC(NC(C)=O)c1ccc(OC)cc1. The van der Waals surface area contributed by atoms with E-state index in [1.54, 1.807) is 31.4 Å². The van der Waals surface area contributed by atoms with Crippen LogP contribution in [0.3, 0.4) is 0 Å². The number of esters is 1. The molecule has 20 heavy (non-hydrogen) atoms. The van der Waals surface area contributed by atoms with Crippen molar-refractivity contribution in [2.75, 3.05) is 13.7 Å². The fourth-order valence-corrected chi connectivity index (χ4v) is 1.71. The van der Waals surface area contributed by atoms with Gasteiger partial charge in [-0.1, -0.05) is 24.8 Å². The largest absolute Gasteiger partial charge is 0.497 e. The number of hydrogen-bond acceptors (Lipinski definition) is 4. The van der Waals surface area contributed by atoms with Crippen LogP contribution in [-0.2, 0) is 14.3 Å². The van der Waals surface area contributed by atoms with Crippen LogP contribution in [0, 0.1) is 0 Å². The predicted molar refractivity (Wildman–Crippen MR) is 75.3 cm³/mol. The van der Waals surface area contributed by atoms with E-state index in [1.807, 2.05) is 0 Å². The molecule has 108 valence electrons. The fraction of sp³-hybridized carbons (Fsp3) is 0.333. The molecule has 1 rings (SSSR count). The van der Waals surface area contributed by atoms with Crippen LogP contribution in [0.1, 0.15) is 24.9 Å². The number of carbonyl (C=O) groups excluding carboxylic acids is 2. The van der Waals surface area contributed by atoms with Gasteiger partial charge in [-0.15, -0.1) is 0 Å². The van der Waals surface area contributed by atoms with E-state index in [4.69, 9.17) is 9.47 Å². The zero-order valence-electron chi connectivity index (χ0n) is 11.7. The highest BCUT2D eigenvalue weighted by molar-refractivity contribution is 5.76. The quantitative estimate of drug-likeness (QED) is 0.611. The Bertz CT molecular complexity index is 467. The third-order valence-corrected chi connectivity index (χ3v) is 2.63. The molecule has 1 aromatic carbocycles. The maximum atomic E-state index is 11.6. The van der Waals surface area contributed by atoms with Crippen molar-refractivity contribution in [1.82, 2.24) is 5.32 Å². The number of methoxy groups -OCH3 is 1. The molecule has 5 nitrogen and oxygen atoms in total. The second-order valence-electron chi connectivity index (χ2n) is 4.20. The average Bonchev–Trinajstić information content (AvgIpc) is 2.44. The molecule has 1 N–H and O–H groups in total. The Labute approximate surface area is 118 Å². The summed E-state index contributed by atoms with van der Waals surface area (Å²) in [6.45, 7) is 5.05. The topological polar surface area (TPSA) is 64.6 Å². The molecule has 0 aliphatic heterocycles. The lowest BCUT2D eigenvalue weighted by atomic mass is 10.0. The van der Waals surface area contributed by atoms with Crippen LogP contribution in [-0.4, -0.2) is 25.6 Å². The number of hydrogen-bond donors (Lipinski definition) is 1. The van der Waals surface area contributed by atoms with E-state index in [1.165, 1.54) is 13.0 Å². The number of benzene rings is 1. The van der Waals surface area contributed by atoms with Crippen LogP contribution in [0.5, 0.6) is 5.75 Å². The minimum Gasteiger partial charge on any atom is -0.497 e. The van der Waals surface area contributed by atoms with Crippen LogP contribution in [0.15, 0.2) is 36.9 Å². The summed E-state index contributed by atoms with van der Waals surface area (Å²) in [7, 11) is 1.58. The number of carbonyl (C=O) groups is 2. The third-order valence-electron chi connectivity index (χ3n) is 2.63. The molecule has 1 unspecified atom stereocenters. The van der Waals surface area contributed by atoms with Gasteiger partial charge in [-0.05, 0) is 17.7 Å². The van der Waals surface area contributed by atoms with Gasteiger partial charge in [0.2, 0.25) is 5.91 Å². The lowest BCUT2D eigenvalue weighted by Crippen LogP contribution is -2.28. The Balaban J connectivity index is 2.78. The van der Waals surface area contributed by atoms with E-state index in [-0.39, 0.29) is 24.9 Å².